The normalized spacial score (nSPS) is 19.2. The fraction of sp³-hybridized carbons (Fsp3) is 0.591. The van der Waals surface area contributed by atoms with Gasteiger partial charge in [-0.15, -0.1) is 0 Å². The summed E-state index contributed by atoms with van der Waals surface area (Å²) >= 11 is 0. The molecule has 8 nitrogen and oxygen atoms in total. The van der Waals surface area contributed by atoms with Crippen molar-refractivity contribution in [2.75, 3.05) is 39.3 Å². The topological polar surface area (TPSA) is 79.0 Å². The Morgan fingerprint density at radius 1 is 0.967 bits per heavy atom. The zero-order valence-electron chi connectivity index (χ0n) is 17.6. The Kier molecular flexibility index (Phi) is 6.22. The predicted octanol–water partition coefficient (Wildman–Crippen LogP) is 1.53. The Morgan fingerprint density at radius 2 is 1.67 bits per heavy atom. The zero-order valence-corrected chi connectivity index (χ0v) is 17.6. The molecule has 0 bridgehead atoms. The largest absolute Gasteiger partial charge is 0.419 e. The van der Waals surface area contributed by atoms with Crippen molar-refractivity contribution in [1.29, 1.82) is 0 Å². The first-order valence-corrected chi connectivity index (χ1v) is 10.9. The van der Waals surface area contributed by atoms with Crippen LogP contribution in [0.4, 0.5) is 0 Å². The summed E-state index contributed by atoms with van der Waals surface area (Å²) in [6.07, 6.45) is 3.65. The maximum Gasteiger partial charge on any atom is 0.419 e. The van der Waals surface area contributed by atoms with Crippen LogP contribution in [-0.4, -0.2) is 76.4 Å². The van der Waals surface area contributed by atoms with Crippen LogP contribution in [-0.2, 0) is 16.1 Å². The molecule has 1 aromatic carbocycles. The van der Waals surface area contributed by atoms with Crippen molar-refractivity contribution < 1.29 is 14.0 Å². The number of piperidine rings is 1. The first-order chi connectivity index (χ1) is 14.5. The van der Waals surface area contributed by atoms with Crippen LogP contribution in [0, 0.1) is 0 Å². The van der Waals surface area contributed by atoms with E-state index in [-0.39, 0.29) is 24.3 Å². The van der Waals surface area contributed by atoms with Gasteiger partial charge in [0.25, 0.3) is 0 Å². The Morgan fingerprint density at radius 3 is 2.40 bits per heavy atom. The van der Waals surface area contributed by atoms with Crippen LogP contribution in [0.25, 0.3) is 11.1 Å². The number of rotatable bonds is 5. The van der Waals surface area contributed by atoms with Crippen molar-refractivity contribution in [2.45, 2.75) is 45.2 Å². The monoisotopic (exact) mass is 414 g/mol. The molecule has 8 heteroatoms. The van der Waals surface area contributed by atoms with Gasteiger partial charge in [-0.2, -0.15) is 0 Å². The number of fused-ring (bicyclic) bond motifs is 1. The number of likely N-dealkylation sites (tertiary alicyclic amines) is 1. The average molecular weight is 415 g/mol. The molecule has 1 aromatic heterocycles. The molecular formula is C22H30N4O4. The van der Waals surface area contributed by atoms with E-state index in [9.17, 15) is 14.4 Å². The smallest absolute Gasteiger partial charge is 0.408 e. The van der Waals surface area contributed by atoms with Crippen molar-refractivity contribution in [3.63, 3.8) is 0 Å². The van der Waals surface area contributed by atoms with E-state index in [4.69, 9.17) is 4.42 Å². The van der Waals surface area contributed by atoms with E-state index in [0.717, 1.165) is 25.9 Å². The summed E-state index contributed by atoms with van der Waals surface area (Å²) in [5, 5.41) is 0. The molecule has 2 aliphatic heterocycles. The number of nitrogens with zero attached hydrogens (tertiary/aromatic N) is 4. The lowest BCUT2D eigenvalue weighted by Gasteiger charge is -2.39. The lowest BCUT2D eigenvalue weighted by Crippen LogP contribution is -2.56. The fourth-order valence-corrected chi connectivity index (χ4v) is 4.48. The van der Waals surface area contributed by atoms with Crippen LogP contribution in [0.15, 0.2) is 33.5 Å². The van der Waals surface area contributed by atoms with Crippen LogP contribution < -0.4 is 5.76 Å². The van der Waals surface area contributed by atoms with Crippen LogP contribution in [0.1, 0.15) is 32.6 Å². The van der Waals surface area contributed by atoms with Gasteiger partial charge in [-0.3, -0.25) is 19.1 Å². The summed E-state index contributed by atoms with van der Waals surface area (Å²) in [5.74, 6) is -0.193. The molecule has 0 radical (unpaired) electrons. The number of hydrogen-bond acceptors (Lipinski definition) is 5. The molecule has 2 amide bonds. The van der Waals surface area contributed by atoms with Crippen molar-refractivity contribution in [2.24, 2.45) is 0 Å². The SMILES string of the molecule is CC(C(=O)N1CCCCC1)N1CCN(C(=O)CCn2c(=O)oc3ccccc32)CC1. The van der Waals surface area contributed by atoms with E-state index in [2.05, 4.69) is 4.90 Å². The Hall–Kier alpha value is -2.61. The van der Waals surface area contributed by atoms with E-state index in [1.165, 1.54) is 11.0 Å². The number of aryl methyl sites for hydroxylation is 1. The first-order valence-electron chi connectivity index (χ1n) is 10.9. The number of carbonyl (C=O) groups excluding carboxylic acids is 2. The van der Waals surface area contributed by atoms with Crippen LogP contribution >= 0.6 is 0 Å². The summed E-state index contributed by atoms with van der Waals surface area (Å²) in [4.78, 5) is 43.5. The molecule has 1 atom stereocenters. The van der Waals surface area contributed by atoms with Crippen molar-refractivity contribution in [1.82, 2.24) is 19.3 Å². The average Bonchev–Trinajstić information content (AvgIpc) is 3.12. The zero-order chi connectivity index (χ0) is 21.1. The van der Waals surface area contributed by atoms with Gasteiger partial charge >= 0.3 is 5.76 Å². The maximum atomic E-state index is 12.7. The van der Waals surface area contributed by atoms with Gasteiger partial charge < -0.3 is 14.2 Å². The number of para-hydroxylation sites is 2. The lowest BCUT2D eigenvalue weighted by atomic mass is 10.1. The second-order valence-corrected chi connectivity index (χ2v) is 8.22. The standard InChI is InChI=1S/C22H30N4O4/c1-17(21(28)25-10-5-2-6-11-25)23-13-15-24(16-14-23)20(27)9-12-26-18-7-3-4-8-19(18)30-22(26)29/h3-4,7-8,17H,2,5-6,9-16H2,1H3. The minimum atomic E-state index is -0.432. The van der Waals surface area contributed by atoms with Crippen LogP contribution in [0.2, 0.25) is 0 Å². The number of aromatic nitrogens is 1. The van der Waals surface area contributed by atoms with Gasteiger partial charge in [-0.1, -0.05) is 12.1 Å². The molecular weight excluding hydrogens is 384 g/mol. The predicted molar refractivity (Wildman–Crippen MR) is 113 cm³/mol. The van der Waals surface area contributed by atoms with Gasteiger partial charge in [0.1, 0.15) is 0 Å². The van der Waals surface area contributed by atoms with E-state index >= 15 is 0 Å². The molecule has 0 aliphatic carbocycles. The van der Waals surface area contributed by atoms with E-state index in [1.54, 1.807) is 6.07 Å². The van der Waals surface area contributed by atoms with Gasteiger partial charge in [0.05, 0.1) is 11.6 Å². The first kappa shape index (κ1) is 20.7. The molecule has 2 saturated heterocycles. The molecule has 2 aliphatic rings. The molecule has 1 unspecified atom stereocenters. The third-order valence-corrected chi connectivity index (χ3v) is 6.36. The van der Waals surface area contributed by atoms with E-state index in [0.29, 0.717) is 43.8 Å². The molecule has 3 heterocycles. The fourth-order valence-electron chi connectivity index (χ4n) is 4.48. The second-order valence-electron chi connectivity index (χ2n) is 8.22. The highest BCUT2D eigenvalue weighted by Crippen LogP contribution is 2.15. The summed E-state index contributed by atoms with van der Waals surface area (Å²) in [6.45, 7) is 6.62. The quantitative estimate of drug-likeness (QED) is 0.741. The number of benzene rings is 1. The third kappa shape index (κ3) is 4.28. The molecule has 4 rings (SSSR count). The number of piperazine rings is 1. The maximum absolute atomic E-state index is 12.7. The molecule has 2 fully saturated rings. The van der Waals surface area contributed by atoms with Gasteiger partial charge in [-0.25, -0.2) is 4.79 Å². The molecule has 0 spiro atoms. The highest BCUT2D eigenvalue weighted by Gasteiger charge is 2.30. The number of hydrogen-bond donors (Lipinski definition) is 0. The molecule has 0 N–H and O–H groups in total. The van der Waals surface area contributed by atoms with Gasteiger partial charge in [0.2, 0.25) is 11.8 Å². The highest BCUT2D eigenvalue weighted by atomic mass is 16.4. The second kappa shape index (κ2) is 9.04. The Labute approximate surface area is 176 Å². The Balaban J connectivity index is 1.28. The lowest BCUT2D eigenvalue weighted by molar-refractivity contribution is -0.139. The summed E-state index contributed by atoms with van der Waals surface area (Å²) in [7, 11) is 0. The summed E-state index contributed by atoms with van der Waals surface area (Å²) in [5.41, 5.74) is 1.25. The van der Waals surface area contributed by atoms with Crippen molar-refractivity contribution in [3.8, 4) is 0 Å². The third-order valence-electron chi connectivity index (χ3n) is 6.36. The molecule has 2 aromatic rings. The minimum Gasteiger partial charge on any atom is -0.408 e. The number of amides is 2. The Bertz CT molecular complexity index is 951. The van der Waals surface area contributed by atoms with Gasteiger partial charge in [0.15, 0.2) is 5.58 Å². The molecule has 162 valence electrons. The highest BCUT2D eigenvalue weighted by molar-refractivity contribution is 5.81. The number of oxazole rings is 1. The van der Waals surface area contributed by atoms with Crippen LogP contribution in [0.5, 0.6) is 0 Å². The van der Waals surface area contributed by atoms with Crippen molar-refractivity contribution >= 4 is 22.9 Å². The van der Waals surface area contributed by atoms with E-state index in [1.807, 2.05) is 34.9 Å². The van der Waals surface area contributed by atoms with Gasteiger partial charge in [0, 0.05) is 52.2 Å². The summed E-state index contributed by atoms with van der Waals surface area (Å²) in [6, 6.07) is 7.10. The summed E-state index contributed by atoms with van der Waals surface area (Å²) < 4.78 is 6.75. The van der Waals surface area contributed by atoms with Gasteiger partial charge in [-0.05, 0) is 38.3 Å². The molecule has 0 saturated carbocycles. The molecule has 30 heavy (non-hydrogen) atoms. The van der Waals surface area contributed by atoms with Crippen LogP contribution in [0.3, 0.4) is 0 Å². The minimum absolute atomic E-state index is 0.0295. The van der Waals surface area contributed by atoms with Crippen molar-refractivity contribution in [3.05, 3.63) is 34.8 Å². The number of carbonyl (C=O) groups is 2. The van der Waals surface area contributed by atoms with E-state index < -0.39 is 5.76 Å².